The maximum atomic E-state index is 12.3. The lowest BCUT2D eigenvalue weighted by Gasteiger charge is -2.22. The van der Waals surface area contributed by atoms with Crippen LogP contribution < -0.4 is 15.8 Å². The van der Waals surface area contributed by atoms with Crippen molar-refractivity contribution in [2.24, 2.45) is 5.92 Å². The Morgan fingerprint density at radius 1 is 1.33 bits per heavy atom. The minimum Gasteiger partial charge on any atom is -0.369 e. The molecule has 6 heteroatoms. The molecule has 1 unspecified atom stereocenters. The van der Waals surface area contributed by atoms with Crippen LogP contribution >= 0.6 is 0 Å². The van der Waals surface area contributed by atoms with Crippen LogP contribution in [-0.2, 0) is 6.54 Å². The lowest BCUT2D eigenvalue weighted by atomic mass is 10.1. The molecule has 3 rings (SSSR count). The van der Waals surface area contributed by atoms with Crippen molar-refractivity contribution in [2.75, 3.05) is 51.2 Å². The van der Waals surface area contributed by atoms with E-state index >= 15 is 0 Å². The first-order valence-corrected chi connectivity index (χ1v) is 7.94. The quantitative estimate of drug-likeness (QED) is 0.849. The van der Waals surface area contributed by atoms with Gasteiger partial charge >= 0.3 is 0 Å². The Morgan fingerprint density at radius 3 is 3.00 bits per heavy atom. The Hall–Kier alpha value is -1.40. The molecule has 0 saturated carbocycles. The summed E-state index contributed by atoms with van der Waals surface area (Å²) in [5.74, 6) is 0.535. The van der Waals surface area contributed by atoms with Crippen molar-refractivity contribution in [3.63, 3.8) is 0 Å². The van der Waals surface area contributed by atoms with Gasteiger partial charge in [-0.1, -0.05) is 0 Å². The highest BCUT2D eigenvalue weighted by atomic mass is 16.1. The van der Waals surface area contributed by atoms with Gasteiger partial charge in [-0.25, -0.2) is 4.68 Å². The summed E-state index contributed by atoms with van der Waals surface area (Å²) in [6.07, 6.45) is 4.12. The number of hydrogen-bond acceptors (Lipinski definition) is 5. The first-order chi connectivity index (χ1) is 10.2. The van der Waals surface area contributed by atoms with E-state index in [4.69, 9.17) is 0 Å². The predicted octanol–water partition coefficient (Wildman–Crippen LogP) is -0.00530. The number of nitrogens with zero attached hydrogens (tertiary/aromatic N) is 4. The molecule has 2 aliphatic rings. The Bertz CT molecular complexity index is 523. The van der Waals surface area contributed by atoms with E-state index in [0.29, 0.717) is 5.92 Å². The summed E-state index contributed by atoms with van der Waals surface area (Å²) in [7, 11) is 2.15. The number of rotatable bonds is 3. The van der Waals surface area contributed by atoms with Crippen LogP contribution in [0, 0.1) is 5.92 Å². The number of likely N-dealkylation sites (N-methyl/N-ethyl adjacent to an activating group) is 1. The summed E-state index contributed by atoms with van der Waals surface area (Å²) >= 11 is 0. The first kappa shape index (κ1) is 14.5. The van der Waals surface area contributed by atoms with Gasteiger partial charge in [0.1, 0.15) is 0 Å². The van der Waals surface area contributed by atoms with E-state index in [1.54, 1.807) is 10.7 Å². The third-order valence-corrected chi connectivity index (χ3v) is 4.53. The maximum absolute atomic E-state index is 12.3. The van der Waals surface area contributed by atoms with E-state index in [-0.39, 0.29) is 5.56 Å². The fourth-order valence-corrected chi connectivity index (χ4v) is 3.15. The maximum Gasteiger partial charge on any atom is 0.268 e. The van der Waals surface area contributed by atoms with Crippen molar-refractivity contribution in [1.29, 1.82) is 0 Å². The fraction of sp³-hybridized carbons (Fsp3) is 0.733. The van der Waals surface area contributed by atoms with Crippen LogP contribution in [0.1, 0.15) is 12.8 Å². The molecular weight excluding hydrogens is 266 g/mol. The van der Waals surface area contributed by atoms with Crippen LogP contribution in [-0.4, -0.2) is 61.0 Å². The minimum absolute atomic E-state index is 0.0250. The second kappa shape index (κ2) is 6.58. The molecular formula is C15H25N5O. The second-order valence-corrected chi connectivity index (χ2v) is 6.24. The van der Waals surface area contributed by atoms with E-state index in [1.165, 1.54) is 0 Å². The van der Waals surface area contributed by atoms with Gasteiger partial charge in [-0.05, 0) is 45.4 Å². The van der Waals surface area contributed by atoms with E-state index in [9.17, 15) is 4.79 Å². The van der Waals surface area contributed by atoms with Gasteiger partial charge in [-0.2, -0.15) is 5.10 Å². The molecule has 2 saturated heterocycles. The van der Waals surface area contributed by atoms with Gasteiger partial charge in [0.25, 0.3) is 5.56 Å². The normalized spacial score (nSPS) is 24.2. The zero-order valence-corrected chi connectivity index (χ0v) is 12.8. The first-order valence-electron chi connectivity index (χ1n) is 7.94. The van der Waals surface area contributed by atoms with Gasteiger partial charge in [-0.3, -0.25) is 4.79 Å². The van der Waals surface area contributed by atoms with Crippen LogP contribution in [0.2, 0.25) is 0 Å². The summed E-state index contributed by atoms with van der Waals surface area (Å²) in [6.45, 7) is 6.91. The average Bonchev–Trinajstić information content (AvgIpc) is 2.88. The third-order valence-electron chi connectivity index (χ3n) is 4.53. The minimum atomic E-state index is 0.0250. The molecule has 0 bridgehead atoms. The second-order valence-electron chi connectivity index (χ2n) is 6.24. The molecule has 2 aliphatic heterocycles. The zero-order chi connectivity index (χ0) is 14.7. The molecule has 3 heterocycles. The third kappa shape index (κ3) is 3.63. The monoisotopic (exact) mass is 291 g/mol. The summed E-state index contributed by atoms with van der Waals surface area (Å²) in [5, 5.41) is 7.72. The van der Waals surface area contributed by atoms with Gasteiger partial charge in [0.2, 0.25) is 0 Å². The summed E-state index contributed by atoms with van der Waals surface area (Å²) in [5.41, 5.74) is 0.994. The van der Waals surface area contributed by atoms with Crippen LogP contribution in [0.4, 0.5) is 5.69 Å². The Morgan fingerprint density at radius 2 is 2.24 bits per heavy atom. The summed E-state index contributed by atoms with van der Waals surface area (Å²) < 4.78 is 1.62. The van der Waals surface area contributed by atoms with Crippen molar-refractivity contribution >= 4 is 5.69 Å². The molecule has 0 aliphatic carbocycles. The molecule has 1 N–H and O–H groups in total. The van der Waals surface area contributed by atoms with E-state index in [2.05, 4.69) is 27.3 Å². The van der Waals surface area contributed by atoms with Crippen molar-refractivity contribution in [3.05, 3.63) is 22.6 Å². The number of hydrogen-bond donors (Lipinski definition) is 1. The molecule has 116 valence electrons. The SMILES string of the molecule is CN1CCCN(c2cnn(CC3CCNC3)c(=O)c2)CC1. The highest BCUT2D eigenvalue weighted by Crippen LogP contribution is 2.14. The van der Waals surface area contributed by atoms with Gasteiger partial charge in [0, 0.05) is 32.2 Å². The molecule has 0 aromatic carbocycles. The Balaban J connectivity index is 1.69. The van der Waals surface area contributed by atoms with Crippen LogP contribution in [0.15, 0.2) is 17.1 Å². The molecule has 2 fully saturated rings. The van der Waals surface area contributed by atoms with E-state index in [1.807, 2.05) is 6.20 Å². The van der Waals surface area contributed by atoms with Crippen molar-refractivity contribution < 1.29 is 0 Å². The fourth-order valence-electron chi connectivity index (χ4n) is 3.15. The number of nitrogens with one attached hydrogen (secondary N) is 1. The number of aromatic nitrogens is 2. The van der Waals surface area contributed by atoms with Crippen molar-refractivity contribution in [1.82, 2.24) is 20.0 Å². The number of anilines is 1. The molecule has 1 aromatic heterocycles. The summed E-state index contributed by atoms with van der Waals surface area (Å²) in [6, 6.07) is 1.75. The standard InChI is InChI=1S/C15H25N5O/c1-18-5-2-6-19(8-7-18)14-9-15(21)20(17-11-14)12-13-3-4-16-10-13/h9,11,13,16H,2-8,10,12H2,1H3. The zero-order valence-electron chi connectivity index (χ0n) is 12.8. The lowest BCUT2D eigenvalue weighted by Crippen LogP contribution is -2.32. The Labute approximate surface area is 125 Å². The molecule has 21 heavy (non-hydrogen) atoms. The molecule has 1 aromatic rings. The van der Waals surface area contributed by atoms with Gasteiger partial charge in [-0.15, -0.1) is 0 Å². The van der Waals surface area contributed by atoms with Gasteiger partial charge < -0.3 is 15.1 Å². The largest absolute Gasteiger partial charge is 0.369 e. The highest BCUT2D eigenvalue weighted by Gasteiger charge is 2.17. The lowest BCUT2D eigenvalue weighted by molar-refractivity contribution is 0.360. The van der Waals surface area contributed by atoms with E-state index < -0.39 is 0 Å². The predicted molar refractivity (Wildman–Crippen MR) is 83.8 cm³/mol. The Kier molecular flexibility index (Phi) is 4.55. The molecule has 0 amide bonds. The van der Waals surface area contributed by atoms with Crippen molar-refractivity contribution in [3.8, 4) is 0 Å². The molecule has 6 nitrogen and oxygen atoms in total. The smallest absolute Gasteiger partial charge is 0.268 e. The topological polar surface area (TPSA) is 53.4 Å². The molecule has 0 spiro atoms. The van der Waals surface area contributed by atoms with Crippen molar-refractivity contribution in [2.45, 2.75) is 19.4 Å². The van der Waals surface area contributed by atoms with Gasteiger partial charge in [0.15, 0.2) is 0 Å². The average molecular weight is 291 g/mol. The summed E-state index contributed by atoms with van der Waals surface area (Å²) in [4.78, 5) is 16.9. The molecule has 1 atom stereocenters. The highest BCUT2D eigenvalue weighted by molar-refractivity contribution is 5.43. The van der Waals surface area contributed by atoms with E-state index in [0.717, 1.165) is 64.3 Å². The van der Waals surface area contributed by atoms with Gasteiger partial charge in [0.05, 0.1) is 11.9 Å². The molecule has 0 radical (unpaired) electrons. The van der Waals surface area contributed by atoms with Crippen LogP contribution in [0.3, 0.4) is 0 Å². The van der Waals surface area contributed by atoms with Crippen LogP contribution in [0.25, 0.3) is 0 Å². The van der Waals surface area contributed by atoms with Crippen LogP contribution in [0.5, 0.6) is 0 Å².